The molecule has 1 aromatic carbocycles. The lowest BCUT2D eigenvalue weighted by atomic mass is 10.2. The number of ether oxygens (including phenoxy) is 1. The highest BCUT2D eigenvalue weighted by Crippen LogP contribution is 2.14. The molecule has 3 aromatic rings. The molecule has 4 nitrogen and oxygen atoms in total. The van der Waals surface area contributed by atoms with E-state index in [1.165, 1.54) is 6.08 Å². The van der Waals surface area contributed by atoms with E-state index in [1.807, 2.05) is 24.3 Å². The van der Waals surface area contributed by atoms with Gasteiger partial charge in [0.2, 0.25) is 0 Å². The molecule has 0 saturated heterocycles. The number of benzene rings is 1. The third-order valence-electron chi connectivity index (χ3n) is 3.09. The predicted octanol–water partition coefficient (Wildman–Crippen LogP) is 4.51. The molecule has 0 amide bonds. The molecule has 23 heavy (non-hydrogen) atoms. The van der Waals surface area contributed by atoms with Gasteiger partial charge in [-0.3, -0.25) is 0 Å². The Morgan fingerprint density at radius 3 is 3.00 bits per heavy atom. The van der Waals surface area contributed by atoms with Gasteiger partial charge in [0.15, 0.2) is 0 Å². The summed E-state index contributed by atoms with van der Waals surface area (Å²) >= 11 is 9.30. The van der Waals surface area contributed by atoms with Gasteiger partial charge in [0.1, 0.15) is 12.3 Å². The molecular weight excluding hydrogens is 380 g/mol. The summed E-state index contributed by atoms with van der Waals surface area (Å²) in [6, 6.07) is 11.2. The van der Waals surface area contributed by atoms with Crippen LogP contribution in [0.2, 0.25) is 5.02 Å². The van der Waals surface area contributed by atoms with Gasteiger partial charge >= 0.3 is 5.97 Å². The Hall–Kier alpha value is -2.11. The van der Waals surface area contributed by atoms with Crippen LogP contribution in [0, 0.1) is 0 Å². The zero-order chi connectivity index (χ0) is 16.2. The highest BCUT2D eigenvalue weighted by Gasteiger charge is 2.04. The minimum absolute atomic E-state index is 0.112. The first-order valence-corrected chi connectivity index (χ1v) is 8.01. The van der Waals surface area contributed by atoms with Crippen LogP contribution < -0.4 is 0 Å². The maximum absolute atomic E-state index is 11.8. The van der Waals surface area contributed by atoms with E-state index in [0.717, 1.165) is 15.7 Å². The van der Waals surface area contributed by atoms with Gasteiger partial charge in [-0.1, -0.05) is 39.7 Å². The number of hydrogen-bond acceptors (Lipinski definition) is 3. The van der Waals surface area contributed by atoms with Crippen molar-refractivity contribution in [1.82, 2.24) is 9.38 Å². The lowest BCUT2D eigenvalue weighted by Gasteiger charge is -1.98. The molecule has 6 heteroatoms. The number of pyridine rings is 1. The van der Waals surface area contributed by atoms with Crippen molar-refractivity contribution >= 4 is 45.2 Å². The van der Waals surface area contributed by atoms with E-state index in [0.29, 0.717) is 10.7 Å². The third kappa shape index (κ3) is 4.21. The second-order valence-electron chi connectivity index (χ2n) is 4.84. The quantitative estimate of drug-likeness (QED) is 0.485. The number of fused-ring (bicyclic) bond motifs is 1. The Bertz CT molecular complexity index is 889. The Morgan fingerprint density at radius 1 is 1.30 bits per heavy atom. The highest BCUT2D eigenvalue weighted by molar-refractivity contribution is 9.10. The van der Waals surface area contributed by atoms with Gasteiger partial charge in [0.05, 0.1) is 10.7 Å². The summed E-state index contributed by atoms with van der Waals surface area (Å²) in [6.45, 7) is 0.112. The summed E-state index contributed by atoms with van der Waals surface area (Å²) in [6.07, 6.45) is 6.64. The molecule has 2 aromatic heterocycles. The lowest BCUT2D eigenvalue weighted by Crippen LogP contribution is -2.00. The molecule has 0 aliphatic carbocycles. The van der Waals surface area contributed by atoms with Crippen LogP contribution in [0.5, 0.6) is 0 Å². The fraction of sp³-hybridized carbons (Fsp3) is 0.0588. The minimum atomic E-state index is -0.417. The Labute approximate surface area is 146 Å². The molecule has 2 heterocycles. The van der Waals surface area contributed by atoms with Crippen molar-refractivity contribution in [2.45, 2.75) is 6.61 Å². The van der Waals surface area contributed by atoms with Crippen LogP contribution in [0.4, 0.5) is 0 Å². The fourth-order valence-electron chi connectivity index (χ4n) is 2.05. The lowest BCUT2D eigenvalue weighted by molar-refractivity contribution is -0.139. The molecule has 0 aliphatic heterocycles. The maximum atomic E-state index is 11.8. The van der Waals surface area contributed by atoms with Crippen molar-refractivity contribution in [3.8, 4) is 0 Å². The van der Waals surface area contributed by atoms with Crippen molar-refractivity contribution in [3.05, 3.63) is 75.6 Å². The third-order valence-corrected chi connectivity index (χ3v) is 3.80. The van der Waals surface area contributed by atoms with Crippen molar-refractivity contribution in [3.63, 3.8) is 0 Å². The molecule has 0 spiro atoms. The van der Waals surface area contributed by atoms with Gasteiger partial charge < -0.3 is 9.14 Å². The number of hydrogen-bond donors (Lipinski definition) is 0. The molecule has 3 rings (SSSR count). The van der Waals surface area contributed by atoms with Gasteiger partial charge in [-0.2, -0.15) is 0 Å². The summed E-state index contributed by atoms with van der Waals surface area (Å²) in [5.74, 6) is -0.417. The monoisotopic (exact) mass is 390 g/mol. The van der Waals surface area contributed by atoms with Crippen molar-refractivity contribution < 1.29 is 9.53 Å². The van der Waals surface area contributed by atoms with Crippen molar-refractivity contribution in [1.29, 1.82) is 0 Å². The predicted molar refractivity (Wildman–Crippen MR) is 93.2 cm³/mol. The molecule has 0 N–H and O–H groups in total. The molecule has 0 saturated carbocycles. The number of carbonyl (C=O) groups is 1. The smallest absolute Gasteiger partial charge is 0.331 e. The second-order valence-corrected chi connectivity index (χ2v) is 6.19. The number of carbonyl (C=O) groups excluding carboxylic acids is 1. The van der Waals surface area contributed by atoms with Crippen LogP contribution >= 0.6 is 27.5 Å². The Kier molecular flexibility index (Phi) is 4.79. The topological polar surface area (TPSA) is 43.6 Å². The molecule has 0 bridgehead atoms. The summed E-state index contributed by atoms with van der Waals surface area (Å²) in [7, 11) is 0. The van der Waals surface area contributed by atoms with Gasteiger partial charge in [-0.05, 0) is 35.9 Å². The number of halogens is 2. The first-order chi connectivity index (χ1) is 11.1. The first kappa shape index (κ1) is 15.8. The second kappa shape index (κ2) is 6.98. The Morgan fingerprint density at radius 2 is 2.17 bits per heavy atom. The maximum Gasteiger partial charge on any atom is 0.331 e. The van der Waals surface area contributed by atoms with Gasteiger partial charge in [-0.25, -0.2) is 9.78 Å². The van der Waals surface area contributed by atoms with E-state index in [4.69, 9.17) is 16.3 Å². The zero-order valence-electron chi connectivity index (χ0n) is 11.9. The summed E-state index contributed by atoms with van der Waals surface area (Å²) in [4.78, 5) is 16.1. The van der Waals surface area contributed by atoms with Crippen LogP contribution in [-0.4, -0.2) is 15.4 Å². The van der Waals surface area contributed by atoms with Crippen LogP contribution in [0.3, 0.4) is 0 Å². The van der Waals surface area contributed by atoms with E-state index in [9.17, 15) is 4.79 Å². The number of esters is 1. The molecule has 0 atom stereocenters. The largest absolute Gasteiger partial charge is 0.456 e. The summed E-state index contributed by atoms with van der Waals surface area (Å²) in [5.41, 5.74) is 2.33. The summed E-state index contributed by atoms with van der Waals surface area (Å²) in [5, 5.41) is 0.621. The van der Waals surface area contributed by atoms with E-state index in [1.54, 1.807) is 35.0 Å². The van der Waals surface area contributed by atoms with Crippen LogP contribution in [0.25, 0.3) is 11.7 Å². The van der Waals surface area contributed by atoms with Crippen LogP contribution in [0.1, 0.15) is 11.3 Å². The fourth-order valence-corrected chi connectivity index (χ4v) is 2.64. The normalized spacial score (nSPS) is 11.2. The molecule has 0 radical (unpaired) electrons. The Balaban J connectivity index is 1.61. The van der Waals surface area contributed by atoms with E-state index >= 15 is 0 Å². The molecule has 0 fully saturated rings. The number of rotatable bonds is 4. The van der Waals surface area contributed by atoms with Crippen molar-refractivity contribution in [2.75, 3.05) is 0 Å². The minimum Gasteiger partial charge on any atom is -0.456 e. The SMILES string of the molecule is O=C(/C=C/c1cccc(Br)c1)OCc1cn2cc(Cl)ccc2n1. The average Bonchev–Trinajstić information content (AvgIpc) is 2.93. The molecule has 0 unspecified atom stereocenters. The van der Waals surface area contributed by atoms with Gasteiger partial charge in [-0.15, -0.1) is 0 Å². The van der Waals surface area contributed by atoms with E-state index in [-0.39, 0.29) is 6.61 Å². The number of aromatic nitrogens is 2. The van der Waals surface area contributed by atoms with E-state index < -0.39 is 5.97 Å². The first-order valence-electron chi connectivity index (χ1n) is 6.84. The highest BCUT2D eigenvalue weighted by atomic mass is 79.9. The number of nitrogens with zero attached hydrogens (tertiary/aromatic N) is 2. The van der Waals surface area contributed by atoms with Crippen molar-refractivity contribution in [2.24, 2.45) is 0 Å². The summed E-state index contributed by atoms with van der Waals surface area (Å²) < 4.78 is 7.94. The average molecular weight is 392 g/mol. The molecule has 116 valence electrons. The molecular formula is C17H12BrClN2O2. The van der Waals surface area contributed by atoms with Gasteiger partial charge in [0.25, 0.3) is 0 Å². The zero-order valence-corrected chi connectivity index (χ0v) is 14.3. The van der Waals surface area contributed by atoms with Crippen LogP contribution in [0.15, 0.2) is 59.3 Å². The van der Waals surface area contributed by atoms with Crippen LogP contribution in [-0.2, 0) is 16.1 Å². The van der Waals surface area contributed by atoms with Gasteiger partial charge in [0, 0.05) is 22.9 Å². The number of imidazole rings is 1. The van der Waals surface area contributed by atoms with E-state index in [2.05, 4.69) is 20.9 Å². The molecule has 0 aliphatic rings. The standard InChI is InChI=1S/C17H12BrClN2O2/c18-13-3-1-2-12(8-13)4-7-17(22)23-11-15-10-21-9-14(19)5-6-16(21)20-15/h1-10H,11H2/b7-4+.